The number of aromatic nitrogens is 2. The van der Waals surface area contributed by atoms with Gasteiger partial charge in [0.1, 0.15) is 4.90 Å². The molecule has 0 bridgehead atoms. The molecule has 0 radical (unpaired) electrons. The summed E-state index contributed by atoms with van der Waals surface area (Å²) >= 11 is 0. The molecule has 94 valence electrons. The SMILES string of the molecule is CCC1(C(=O)NS(=O)(=O)c2cnn(C)c2)CC1. The lowest BCUT2D eigenvalue weighted by Crippen LogP contribution is -2.36. The fourth-order valence-corrected chi connectivity index (χ4v) is 2.77. The van der Waals surface area contributed by atoms with Crippen LogP contribution in [0.15, 0.2) is 17.3 Å². The minimum absolute atomic E-state index is 0.0141. The van der Waals surface area contributed by atoms with Crippen molar-refractivity contribution in [3.63, 3.8) is 0 Å². The number of aryl methyl sites for hydroxylation is 1. The molecule has 2 rings (SSSR count). The van der Waals surface area contributed by atoms with Crippen LogP contribution in [0.5, 0.6) is 0 Å². The van der Waals surface area contributed by atoms with Gasteiger partial charge in [-0.2, -0.15) is 5.10 Å². The quantitative estimate of drug-likeness (QED) is 0.847. The first-order valence-corrected chi connectivity index (χ1v) is 6.94. The number of hydrogen-bond donors (Lipinski definition) is 1. The van der Waals surface area contributed by atoms with E-state index in [4.69, 9.17) is 0 Å². The third kappa shape index (κ3) is 2.19. The van der Waals surface area contributed by atoms with Crippen LogP contribution in [-0.4, -0.2) is 24.1 Å². The number of nitrogens with one attached hydrogen (secondary N) is 1. The number of nitrogens with zero attached hydrogens (tertiary/aromatic N) is 2. The summed E-state index contributed by atoms with van der Waals surface area (Å²) in [5, 5.41) is 3.77. The molecule has 1 saturated carbocycles. The molecule has 0 saturated heterocycles. The number of carbonyl (C=O) groups excluding carboxylic acids is 1. The van der Waals surface area contributed by atoms with Gasteiger partial charge in [-0.1, -0.05) is 6.92 Å². The van der Waals surface area contributed by atoms with Crippen molar-refractivity contribution in [2.75, 3.05) is 0 Å². The zero-order chi connectivity index (χ0) is 12.7. The van der Waals surface area contributed by atoms with Gasteiger partial charge in [0.15, 0.2) is 0 Å². The van der Waals surface area contributed by atoms with Crippen LogP contribution >= 0.6 is 0 Å². The van der Waals surface area contributed by atoms with E-state index in [1.807, 2.05) is 6.92 Å². The van der Waals surface area contributed by atoms with Crippen molar-refractivity contribution >= 4 is 15.9 Å². The molecular formula is C10H15N3O3S. The van der Waals surface area contributed by atoms with E-state index in [1.54, 1.807) is 7.05 Å². The predicted molar refractivity (Wildman–Crippen MR) is 60.5 cm³/mol. The van der Waals surface area contributed by atoms with E-state index in [0.29, 0.717) is 6.42 Å². The standard InChI is InChI=1S/C10H15N3O3S/c1-3-10(4-5-10)9(14)12-17(15,16)8-6-11-13(2)7-8/h6-7H,3-5H2,1-2H3,(H,12,14). The fraction of sp³-hybridized carbons (Fsp3) is 0.600. The minimum atomic E-state index is -3.77. The number of rotatable bonds is 4. The van der Waals surface area contributed by atoms with Gasteiger partial charge in [-0.25, -0.2) is 13.1 Å². The van der Waals surface area contributed by atoms with Gasteiger partial charge in [-0.3, -0.25) is 9.48 Å². The molecule has 0 aromatic carbocycles. The van der Waals surface area contributed by atoms with E-state index in [1.165, 1.54) is 17.1 Å². The van der Waals surface area contributed by atoms with Gasteiger partial charge in [0.25, 0.3) is 10.0 Å². The Kier molecular flexibility index (Phi) is 2.73. The zero-order valence-corrected chi connectivity index (χ0v) is 10.6. The highest BCUT2D eigenvalue weighted by molar-refractivity contribution is 7.90. The Morgan fingerprint density at radius 3 is 2.65 bits per heavy atom. The first-order chi connectivity index (χ1) is 7.89. The van der Waals surface area contributed by atoms with Crippen molar-refractivity contribution in [2.45, 2.75) is 31.1 Å². The lowest BCUT2D eigenvalue weighted by molar-refractivity contribution is -0.124. The van der Waals surface area contributed by atoms with Crippen LogP contribution in [0.1, 0.15) is 26.2 Å². The molecule has 1 heterocycles. The highest BCUT2D eigenvalue weighted by Crippen LogP contribution is 2.48. The molecule has 0 spiro atoms. The molecule has 7 heteroatoms. The van der Waals surface area contributed by atoms with Crippen LogP contribution in [0.2, 0.25) is 0 Å². The largest absolute Gasteiger partial charge is 0.274 e. The van der Waals surface area contributed by atoms with E-state index in [9.17, 15) is 13.2 Å². The molecular weight excluding hydrogens is 242 g/mol. The van der Waals surface area contributed by atoms with E-state index >= 15 is 0 Å². The first kappa shape index (κ1) is 12.1. The number of hydrogen-bond acceptors (Lipinski definition) is 4. The molecule has 1 aliphatic carbocycles. The van der Waals surface area contributed by atoms with Gasteiger partial charge in [0.05, 0.1) is 11.6 Å². The molecule has 17 heavy (non-hydrogen) atoms. The summed E-state index contributed by atoms with van der Waals surface area (Å²) < 4.78 is 27.2. The van der Waals surface area contributed by atoms with Crippen molar-refractivity contribution in [3.05, 3.63) is 12.4 Å². The first-order valence-electron chi connectivity index (χ1n) is 5.45. The maximum Gasteiger partial charge on any atom is 0.267 e. The van der Waals surface area contributed by atoms with Gasteiger partial charge < -0.3 is 0 Å². The van der Waals surface area contributed by atoms with Gasteiger partial charge >= 0.3 is 0 Å². The van der Waals surface area contributed by atoms with E-state index in [-0.39, 0.29) is 4.90 Å². The van der Waals surface area contributed by atoms with Crippen molar-refractivity contribution in [1.29, 1.82) is 0 Å². The molecule has 1 fully saturated rings. The van der Waals surface area contributed by atoms with Gasteiger partial charge in [0.2, 0.25) is 5.91 Å². The molecule has 6 nitrogen and oxygen atoms in total. The summed E-state index contributed by atoms with van der Waals surface area (Å²) in [7, 11) is -2.15. The van der Waals surface area contributed by atoms with E-state index in [0.717, 1.165) is 12.8 Å². The van der Waals surface area contributed by atoms with Crippen molar-refractivity contribution in [2.24, 2.45) is 12.5 Å². The van der Waals surface area contributed by atoms with Gasteiger partial charge in [0, 0.05) is 13.2 Å². The smallest absolute Gasteiger partial charge is 0.267 e. The summed E-state index contributed by atoms with van der Waals surface area (Å²) in [6.45, 7) is 1.89. The van der Waals surface area contributed by atoms with Crippen molar-refractivity contribution < 1.29 is 13.2 Å². The monoisotopic (exact) mass is 257 g/mol. The summed E-state index contributed by atoms with van der Waals surface area (Å²) in [4.78, 5) is 11.9. The summed E-state index contributed by atoms with van der Waals surface area (Å²) in [6.07, 6.45) is 4.78. The van der Waals surface area contributed by atoms with Crippen LogP contribution < -0.4 is 4.72 Å². The Morgan fingerprint density at radius 1 is 1.59 bits per heavy atom. The van der Waals surface area contributed by atoms with E-state index in [2.05, 4.69) is 9.82 Å². The number of amides is 1. The fourth-order valence-electron chi connectivity index (χ4n) is 1.72. The van der Waals surface area contributed by atoms with Gasteiger partial charge in [-0.15, -0.1) is 0 Å². The molecule has 0 aliphatic heterocycles. The summed E-state index contributed by atoms with van der Waals surface area (Å²) in [6, 6.07) is 0. The lowest BCUT2D eigenvalue weighted by atomic mass is 10.0. The third-order valence-corrected chi connectivity index (χ3v) is 4.52. The van der Waals surface area contributed by atoms with Gasteiger partial charge in [-0.05, 0) is 19.3 Å². The normalized spacial score (nSPS) is 17.8. The Bertz CT molecular complexity index is 543. The molecule has 1 N–H and O–H groups in total. The maximum absolute atomic E-state index is 11.9. The zero-order valence-electron chi connectivity index (χ0n) is 9.80. The molecule has 1 aliphatic rings. The average Bonchev–Trinajstić information content (AvgIpc) is 2.94. The highest BCUT2D eigenvalue weighted by atomic mass is 32.2. The number of carbonyl (C=O) groups is 1. The predicted octanol–water partition coefficient (Wildman–Crippen LogP) is 0.415. The molecule has 0 unspecified atom stereocenters. The Hall–Kier alpha value is -1.37. The topological polar surface area (TPSA) is 81.1 Å². The Morgan fingerprint density at radius 2 is 2.24 bits per heavy atom. The minimum Gasteiger partial charge on any atom is -0.274 e. The number of sulfonamides is 1. The third-order valence-electron chi connectivity index (χ3n) is 3.23. The Labute approximate surface area is 100 Å². The summed E-state index contributed by atoms with van der Waals surface area (Å²) in [5.41, 5.74) is -0.463. The highest BCUT2D eigenvalue weighted by Gasteiger charge is 2.49. The second-order valence-corrected chi connectivity index (χ2v) is 6.10. The van der Waals surface area contributed by atoms with Crippen LogP contribution in [0.25, 0.3) is 0 Å². The van der Waals surface area contributed by atoms with Crippen LogP contribution in [0.4, 0.5) is 0 Å². The molecule has 1 aromatic rings. The van der Waals surface area contributed by atoms with Crippen LogP contribution in [-0.2, 0) is 21.9 Å². The second kappa shape index (κ2) is 3.83. The molecule has 0 atom stereocenters. The van der Waals surface area contributed by atoms with Crippen molar-refractivity contribution in [1.82, 2.24) is 14.5 Å². The summed E-state index contributed by atoms with van der Waals surface area (Å²) in [5.74, 6) is -0.399. The average molecular weight is 257 g/mol. The molecule has 1 aromatic heterocycles. The lowest BCUT2D eigenvalue weighted by Gasteiger charge is -2.12. The van der Waals surface area contributed by atoms with Crippen LogP contribution in [0.3, 0.4) is 0 Å². The van der Waals surface area contributed by atoms with Crippen molar-refractivity contribution in [3.8, 4) is 0 Å². The molecule has 1 amide bonds. The second-order valence-electron chi connectivity index (χ2n) is 4.42. The maximum atomic E-state index is 11.9. The Balaban J connectivity index is 2.16. The van der Waals surface area contributed by atoms with E-state index < -0.39 is 21.3 Å². The van der Waals surface area contributed by atoms with Crippen LogP contribution in [0, 0.1) is 5.41 Å².